The zero-order valence-corrected chi connectivity index (χ0v) is 17.6. The molecule has 2 aromatic carbocycles. The lowest BCUT2D eigenvalue weighted by Gasteiger charge is -2.38. The topological polar surface area (TPSA) is 69.0 Å². The van der Waals surface area contributed by atoms with Crippen LogP contribution in [0.1, 0.15) is 38.3 Å². The SMILES string of the molecule is COc1ccccc1C1C2=C(CC(C)(C)CC2=O)Nc2nc(-c3ccc(F)cc3)nn21. The Bertz CT molecular complexity index is 1210. The maximum atomic E-state index is 13.4. The van der Waals surface area contributed by atoms with Crippen molar-refractivity contribution >= 4 is 11.7 Å². The maximum Gasteiger partial charge on any atom is 0.226 e. The molecular formula is C24H23FN4O2. The van der Waals surface area contributed by atoms with Crippen LogP contribution in [0.2, 0.25) is 0 Å². The molecule has 0 spiro atoms. The molecule has 0 saturated heterocycles. The van der Waals surface area contributed by atoms with Crippen molar-refractivity contribution < 1.29 is 13.9 Å². The highest BCUT2D eigenvalue weighted by atomic mass is 19.1. The molecule has 0 radical (unpaired) electrons. The van der Waals surface area contributed by atoms with Crippen LogP contribution in [0.15, 0.2) is 59.8 Å². The average Bonchev–Trinajstić information content (AvgIpc) is 3.15. The number of fused-ring (bicyclic) bond motifs is 1. The molecule has 2 heterocycles. The number of benzene rings is 2. The Morgan fingerprint density at radius 1 is 1.13 bits per heavy atom. The number of hydrogen-bond donors (Lipinski definition) is 1. The smallest absolute Gasteiger partial charge is 0.226 e. The lowest BCUT2D eigenvalue weighted by atomic mass is 9.73. The molecule has 3 aromatic rings. The number of halogens is 1. The lowest BCUT2D eigenvalue weighted by Crippen LogP contribution is -2.36. The number of hydrogen-bond acceptors (Lipinski definition) is 5. The van der Waals surface area contributed by atoms with E-state index >= 15 is 0 Å². The number of carbonyl (C=O) groups excluding carboxylic acids is 1. The first-order valence-electron chi connectivity index (χ1n) is 10.2. The molecule has 7 heteroatoms. The summed E-state index contributed by atoms with van der Waals surface area (Å²) in [7, 11) is 1.62. The molecule has 31 heavy (non-hydrogen) atoms. The van der Waals surface area contributed by atoms with Crippen LogP contribution >= 0.6 is 0 Å². The number of rotatable bonds is 3. The fourth-order valence-corrected chi connectivity index (χ4v) is 4.51. The molecule has 6 nitrogen and oxygen atoms in total. The van der Waals surface area contributed by atoms with E-state index in [9.17, 15) is 9.18 Å². The number of para-hydroxylation sites is 1. The van der Waals surface area contributed by atoms with Crippen molar-refractivity contribution in [2.75, 3.05) is 12.4 Å². The molecule has 5 rings (SSSR count). The van der Waals surface area contributed by atoms with Crippen molar-refractivity contribution in [3.05, 3.63) is 71.2 Å². The molecule has 1 unspecified atom stereocenters. The van der Waals surface area contributed by atoms with Crippen LogP contribution in [-0.2, 0) is 4.79 Å². The number of nitrogens with zero attached hydrogens (tertiary/aromatic N) is 3. The summed E-state index contributed by atoms with van der Waals surface area (Å²) in [5.41, 5.74) is 2.99. The second-order valence-corrected chi connectivity index (χ2v) is 8.81. The largest absolute Gasteiger partial charge is 0.496 e. The third kappa shape index (κ3) is 3.30. The number of allylic oxidation sites excluding steroid dienone is 2. The minimum absolute atomic E-state index is 0.0964. The van der Waals surface area contributed by atoms with Gasteiger partial charge in [-0.15, -0.1) is 5.10 Å². The van der Waals surface area contributed by atoms with E-state index in [2.05, 4.69) is 24.1 Å². The minimum atomic E-state index is -0.451. The first-order chi connectivity index (χ1) is 14.9. The van der Waals surface area contributed by atoms with Gasteiger partial charge in [-0.2, -0.15) is 4.98 Å². The van der Waals surface area contributed by atoms with Gasteiger partial charge in [-0.3, -0.25) is 4.79 Å². The molecule has 2 aliphatic rings. The molecular weight excluding hydrogens is 395 g/mol. The molecule has 158 valence electrons. The molecule has 1 aromatic heterocycles. The third-order valence-corrected chi connectivity index (χ3v) is 5.87. The molecule has 1 atom stereocenters. The summed E-state index contributed by atoms with van der Waals surface area (Å²) < 4.78 is 20.8. The van der Waals surface area contributed by atoms with Crippen molar-refractivity contribution in [1.29, 1.82) is 0 Å². The van der Waals surface area contributed by atoms with Gasteiger partial charge in [0.25, 0.3) is 0 Å². The van der Waals surface area contributed by atoms with Crippen molar-refractivity contribution in [1.82, 2.24) is 14.8 Å². The first kappa shape index (κ1) is 19.5. The zero-order chi connectivity index (χ0) is 21.8. The second kappa shape index (κ2) is 7.04. The van der Waals surface area contributed by atoms with Gasteiger partial charge in [0.2, 0.25) is 5.95 Å². The summed E-state index contributed by atoms with van der Waals surface area (Å²) in [5, 5.41) is 8.08. The van der Waals surface area contributed by atoms with Gasteiger partial charge in [0, 0.05) is 28.8 Å². The number of aromatic nitrogens is 3. The predicted molar refractivity (Wildman–Crippen MR) is 115 cm³/mol. The molecule has 0 amide bonds. The zero-order valence-electron chi connectivity index (χ0n) is 17.6. The van der Waals surface area contributed by atoms with Crippen LogP contribution in [-0.4, -0.2) is 27.7 Å². The second-order valence-electron chi connectivity index (χ2n) is 8.81. The standard InChI is InChI=1S/C24H23FN4O2/c1-24(2)12-17-20(18(30)13-24)21(16-6-4-5-7-19(16)31-3)29-23(26-17)27-22(28-29)14-8-10-15(25)11-9-14/h4-11,21H,12-13H2,1-3H3,(H,26,27,28). The van der Waals surface area contributed by atoms with Gasteiger partial charge in [-0.1, -0.05) is 32.0 Å². The van der Waals surface area contributed by atoms with Crippen LogP contribution < -0.4 is 10.1 Å². The number of ketones is 1. The van der Waals surface area contributed by atoms with Crippen LogP contribution in [0.4, 0.5) is 10.3 Å². The van der Waals surface area contributed by atoms with Crippen molar-refractivity contribution in [2.24, 2.45) is 5.41 Å². The Kier molecular flexibility index (Phi) is 4.43. The van der Waals surface area contributed by atoms with Gasteiger partial charge in [0.05, 0.1) is 7.11 Å². The number of anilines is 1. The Morgan fingerprint density at radius 3 is 2.61 bits per heavy atom. The van der Waals surface area contributed by atoms with E-state index in [1.807, 2.05) is 24.3 Å². The molecule has 0 saturated carbocycles. The monoisotopic (exact) mass is 418 g/mol. The number of ether oxygens (including phenoxy) is 1. The highest BCUT2D eigenvalue weighted by Crippen LogP contribution is 2.47. The Labute approximate surface area is 179 Å². The first-order valence-corrected chi connectivity index (χ1v) is 10.2. The fourth-order valence-electron chi connectivity index (χ4n) is 4.51. The average molecular weight is 418 g/mol. The van der Waals surface area contributed by atoms with Gasteiger partial charge >= 0.3 is 0 Å². The number of carbonyl (C=O) groups is 1. The third-order valence-electron chi connectivity index (χ3n) is 5.87. The number of Topliss-reactive ketones (excluding diaryl/α,β-unsaturated/α-hetero) is 1. The highest BCUT2D eigenvalue weighted by molar-refractivity contribution is 6.00. The van der Waals surface area contributed by atoms with E-state index in [0.29, 0.717) is 35.1 Å². The summed E-state index contributed by atoms with van der Waals surface area (Å²) in [5.74, 6) is 1.49. The maximum absolute atomic E-state index is 13.4. The minimum Gasteiger partial charge on any atom is -0.496 e. The van der Waals surface area contributed by atoms with E-state index in [4.69, 9.17) is 9.84 Å². The number of methoxy groups -OCH3 is 1. The van der Waals surface area contributed by atoms with Crippen LogP contribution in [0.5, 0.6) is 5.75 Å². The van der Waals surface area contributed by atoms with Crippen molar-refractivity contribution in [3.8, 4) is 17.1 Å². The molecule has 0 bridgehead atoms. The highest BCUT2D eigenvalue weighted by Gasteiger charge is 2.42. The summed E-state index contributed by atoms with van der Waals surface area (Å²) in [6.45, 7) is 4.19. The molecule has 1 aliphatic carbocycles. The van der Waals surface area contributed by atoms with Gasteiger partial charge in [0.15, 0.2) is 11.6 Å². The molecule has 1 N–H and O–H groups in total. The van der Waals surface area contributed by atoms with Crippen molar-refractivity contribution in [2.45, 2.75) is 32.7 Å². The van der Waals surface area contributed by atoms with E-state index in [1.54, 1.807) is 23.9 Å². The molecule has 0 fully saturated rings. The summed E-state index contributed by atoms with van der Waals surface area (Å²) in [6.07, 6.45) is 1.20. The van der Waals surface area contributed by atoms with Crippen LogP contribution in [0.3, 0.4) is 0 Å². The predicted octanol–water partition coefficient (Wildman–Crippen LogP) is 4.75. The van der Waals surface area contributed by atoms with E-state index < -0.39 is 6.04 Å². The van der Waals surface area contributed by atoms with Crippen LogP contribution in [0.25, 0.3) is 11.4 Å². The summed E-state index contributed by atoms with van der Waals surface area (Å²) in [4.78, 5) is 18.0. The van der Waals surface area contributed by atoms with Gasteiger partial charge in [0.1, 0.15) is 17.6 Å². The summed E-state index contributed by atoms with van der Waals surface area (Å²) in [6, 6.07) is 13.3. The van der Waals surface area contributed by atoms with Gasteiger partial charge < -0.3 is 10.1 Å². The molecule has 1 aliphatic heterocycles. The lowest BCUT2D eigenvalue weighted by molar-refractivity contribution is -0.118. The normalized spacial score (nSPS) is 19.5. The van der Waals surface area contributed by atoms with E-state index in [1.165, 1.54) is 12.1 Å². The van der Waals surface area contributed by atoms with Gasteiger partial charge in [-0.25, -0.2) is 9.07 Å². The fraction of sp³-hybridized carbons (Fsp3) is 0.292. The number of nitrogens with one attached hydrogen (secondary N) is 1. The van der Waals surface area contributed by atoms with E-state index in [0.717, 1.165) is 17.7 Å². The Morgan fingerprint density at radius 2 is 1.87 bits per heavy atom. The Balaban J connectivity index is 1.70. The Hall–Kier alpha value is -3.48. The van der Waals surface area contributed by atoms with Crippen LogP contribution in [0, 0.1) is 11.2 Å². The quantitative estimate of drug-likeness (QED) is 0.665. The van der Waals surface area contributed by atoms with Gasteiger partial charge in [-0.05, 0) is 42.2 Å². The summed E-state index contributed by atoms with van der Waals surface area (Å²) >= 11 is 0. The van der Waals surface area contributed by atoms with E-state index in [-0.39, 0.29) is 17.0 Å². The van der Waals surface area contributed by atoms with Crippen molar-refractivity contribution in [3.63, 3.8) is 0 Å².